The van der Waals surface area contributed by atoms with Crippen LogP contribution in [0.5, 0.6) is 11.5 Å². The summed E-state index contributed by atoms with van der Waals surface area (Å²) in [5.74, 6) is 1.02. The van der Waals surface area contributed by atoms with Gasteiger partial charge in [-0.2, -0.15) is 0 Å². The molecule has 0 spiro atoms. The average molecular weight is 257 g/mol. The van der Waals surface area contributed by atoms with Crippen molar-refractivity contribution in [1.82, 2.24) is 5.32 Å². The topological polar surface area (TPSA) is 30.5 Å². The molecule has 2 rings (SSSR count). The Kier molecular flexibility index (Phi) is 4.01. The third-order valence-corrected chi connectivity index (χ3v) is 3.32. The molecule has 100 valence electrons. The number of benzene rings is 1. The second-order valence-electron chi connectivity index (χ2n) is 4.33. The first-order valence-electron chi connectivity index (χ1n) is 5.92. The van der Waals surface area contributed by atoms with Crippen LogP contribution in [-0.4, -0.2) is 27.3 Å². The van der Waals surface area contributed by atoms with Crippen LogP contribution in [0.2, 0.25) is 0 Å². The van der Waals surface area contributed by atoms with Crippen molar-refractivity contribution in [3.8, 4) is 11.5 Å². The maximum Gasteiger partial charge on any atom is 0.267 e. The van der Waals surface area contributed by atoms with Crippen molar-refractivity contribution in [3.05, 3.63) is 23.3 Å². The third kappa shape index (κ3) is 2.41. The molecule has 0 aliphatic carbocycles. The number of hydrogen-bond donors (Lipinski definition) is 1. The first-order chi connectivity index (χ1) is 8.67. The van der Waals surface area contributed by atoms with E-state index in [9.17, 15) is 8.78 Å². The van der Waals surface area contributed by atoms with Crippen molar-refractivity contribution >= 4 is 0 Å². The average Bonchev–Trinajstić information content (AvgIpc) is 2.90. The molecule has 1 aromatic rings. The second-order valence-corrected chi connectivity index (χ2v) is 4.33. The zero-order chi connectivity index (χ0) is 13.1. The van der Waals surface area contributed by atoms with Gasteiger partial charge in [0.1, 0.15) is 11.5 Å². The number of rotatable bonds is 4. The lowest BCUT2D eigenvalue weighted by Gasteiger charge is -2.18. The van der Waals surface area contributed by atoms with E-state index in [0.29, 0.717) is 5.75 Å². The monoisotopic (exact) mass is 257 g/mol. The first kappa shape index (κ1) is 13.1. The Hall–Kier alpha value is -1.36. The van der Waals surface area contributed by atoms with E-state index in [-0.39, 0.29) is 17.2 Å². The summed E-state index contributed by atoms with van der Waals surface area (Å²) in [5.41, 5.74) is 0.763. The smallest absolute Gasteiger partial charge is 0.267 e. The fourth-order valence-corrected chi connectivity index (χ4v) is 2.36. The summed E-state index contributed by atoms with van der Waals surface area (Å²) in [6.45, 7) is 1.70. The van der Waals surface area contributed by atoms with Gasteiger partial charge in [-0.15, -0.1) is 0 Å². The molecule has 18 heavy (non-hydrogen) atoms. The maximum atomic E-state index is 13.0. The van der Waals surface area contributed by atoms with Gasteiger partial charge in [-0.3, -0.25) is 0 Å². The molecular formula is C13H17F2NO2. The summed E-state index contributed by atoms with van der Waals surface area (Å²) in [5, 5.41) is 3.23. The molecule has 0 bridgehead atoms. The van der Waals surface area contributed by atoms with Gasteiger partial charge >= 0.3 is 0 Å². The highest BCUT2D eigenvalue weighted by Gasteiger charge is 2.24. The lowest BCUT2D eigenvalue weighted by atomic mass is 9.95. The fraction of sp³-hybridized carbons (Fsp3) is 0.538. The van der Waals surface area contributed by atoms with Gasteiger partial charge in [0.25, 0.3) is 6.43 Å². The van der Waals surface area contributed by atoms with Crippen LogP contribution in [0.4, 0.5) is 8.78 Å². The molecule has 0 radical (unpaired) electrons. The molecule has 1 aromatic carbocycles. The molecular weight excluding hydrogens is 240 g/mol. The highest BCUT2D eigenvalue weighted by Crippen LogP contribution is 2.39. The van der Waals surface area contributed by atoms with E-state index in [1.54, 1.807) is 13.2 Å². The van der Waals surface area contributed by atoms with E-state index in [1.165, 1.54) is 13.2 Å². The number of methoxy groups -OCH3 is 2. The standard InChI is InChI=1S/C13H17F2NO2/c1-17-11-6-12(18-2)10(13(14)15)5-9(11)8-3-4-16-7-8/h5-6,8,13,16H,3-4,7H2,1-2H3. The molecule has 5 heteroatoms. The Morgan fingerprint density at radius 1 is 1.22 bits per heavy atom. The molecule has 3 nitrogen and oxygen atoms in total. The molecule has 1 aliphatic heterocycles. The van der Waals surface area contributed by atoms with E-state index in [2.05, 4.69) is 5.32 Å². The number of alkyl halides is 2. The number of halogens is 2. The Bertz CT molecular complexity index is 418. The fourth-order valence-electron chi connectivity index (χ4n) is 2.36. The zero-order valence-electron chi connectivity index (χ0n) is 10.5. The molecule has 1 aliphatic rings. The lowest BCUT2D eigenvalue weighted by molar-refractivity contribution is 0.146. The normalized spacial score (nSPS) is 19.3. The Morgan fingerprint density at radius 3 is 2.44 bits per heavy atom. The number of hydrogen-bond acceptors (Lipinski definition) is 3. The van der Waals surface area contributed by atoms with Crippen LogP contribution < -0.4 is 14.8 Å². The molecule has 1 fully saturated rings. The number of ether oxygens (including phenoxy) is 2. The van der Waals surface area contributed by atoms with Crippen LogP contribution in [0.15, 0.2) is 12.1 Å². The van der Waals surface area contributed by atoms with Crippen molar-refractivity contribution in [3.63, 3.8) is 0 Å². The molecule has 1 saturated heterocycles. The predicted octanol–water partition coefficient (Wildman–Crippen LogP) is 2.72. The van der Waals surface area contributed by atoms with Crippen molar-refractivity contribution in [2.24, 2.45) is 0 Å². The molecule has 1 unspecified atom stereocenters. The highest BCUT2D eigenvalue weighted by molar-refractivity contribution is 5.49. The predicted molar refractivity (Wildman–Crippen MR) is 64.7 cm³/mol. The van der Waals surface area contributed by atoms with Crippen LogP contribution in [-0.2, 0) is 0 Å². The van der Waals surface area contributed by atoms with Crippen LogP contribution >= 0.6 is 0 Å². The summed E-state index contributed by atoms with van der Waals surface area (Å²) in [4.78, 5) is 0. The molecule has 1 heterocycles. The van der Waals surface area contributed by atoms with Gasteiger partial charge in [0.15, 0.2) is 0 Å². The molecule has 0 saturated carbocycles. The molecule has 1 atom stereocenters. The van der Waals surface area contributed by atoms with Crippen LogP contribution in [0.1, 0.15) is 29.9 Å². The van der Waals surface area contributed by atoms with E-state index in [1.807, 2.05) is 0 Å². The highest BCUT2D eigenvalue weighted by atomic mass is 19.3. The van der Waals surface area contributed by atoms with Gasteiger partial charge in [-0.25, -0.2) is 8.78 Å². The van der Waals surface area contributed by atoms with E-state index in [4.69, 9.17) is 9.47 Å². The van der Waals surface area contributed by atoms with E-state index < -0.39 is 6.43 Å². The Morgan fingerprint density at radius 2 is 1.94 bits per heavy atom. The molecule has 1 N–H and O–H groups in total. The van der Waals surface area contributed by atoms with Crippen LogP contribution in [0.25, 0.3) is 0 Å². The van der Waals surface area contributed by atoms with Crippen molar-refractivity contribution in [2.45, 2.75) is 18.8 Å². The largest absolute Gasteiger partial charge is 0.496 e. The van der Waals surface area contributed by atoms with Crippen molar-refractivity contribution < 1.29 is 18.3 Å². The quantitative estimate of drug-likeness (QED) is 0.899. The summed E-state index contributed by atoms with van der Waals surface area (Å²) in [6, 6.07) is 3.06. The van der Waals surface area contributed by atoms with Gasteiger partial charge in [-0.05, 0) is 24.6 Å². The molecule has 0 aromatic heterocycles. The molecule has 0 amide bonds. The van der Waals surface area contributed by atoms with Gasteiger partial charge in [0.2, 0.25) is 0 Å². The van der Waals surface area contributed by atoms with E-state index in [0.717, 1.165) is 25.1 Å². The summed E-state index contributed by atoms with van der Waals surface area (Å²) in [7, 11) is 2.93. The maximum absolute atomic E-state index is 13.0. The first-order valence-corrected chi connectivity index (χ1v) is 5.92. The van der Waals surface area contributed by atoms with Crippen LogP contribution in [0, 0.1) is 0 Å². The third-order valence-electron chi connectivity index (χ3n) is 3.32. The minimum atomic E-state index is -2.54. The van der Waals surface area contributed by atoms with Crippen LogP contribution in [0.3, 0.4) is 0 Å². The van der Waals surface area contributed by atoms with E-state index >= 15 is 0 Å². The summed E-state index contributed by atoms with van der Waals surface area (Å²) in [6.07, 6.45) is -1.61. The Labute approximate surface area is 105 Å². The second kappa shape index (κ2) is 5.52. The SMILES string of the molecule is COc1cc(OC)c(C2CCNC2)cc1C(F)F. The van der Waals surface area contributed by atoms with Gasteiger partial charge in [0, 0.05) is 18.5 Å². The van der Waals surface area contributed by atoms with Crippen molar-refractivity contribution in [1.29, 1.82) is 0 Å². The van der Waals surface area contributed by atoms with Gasteiger partial charge in [0.05, 0.1) is 19.8 Å². The minimum absolute atomic E-state index is 0.0693. The van der Waals surface area contributed by atoms with Gasteiger partial charge in [-0.1, -0.05) is 0 Å². The number of nitrogens with one attached hydrogen (secondary N) is 1. The zero-order valence-corrected chi connectivity index (χ0v) is 10.5. The van der Waals surface area contributed by atoms with Crippen molar-refractivity contribution in [2.75, 3.05) is 27.3 Å². The lowest BCUT2D eigenvalue weighted by Crippen LogP contribution is -2.09. The van der Waals surface area contributed by atoms with Gasteiger partial charge < -0.3 is 14.8 Å². The summed E-state index contributed by atoms with van der Waals surface area (Å²) >= 11 is 0. The summed E-state index contributed by atoms with van der Waals surface area (Å²) < 4.78 is 36.2. The minimum Gasteiger partial charge on any atom is -0.496 e. The Balaban J connectivity index is 2.46.